The summed E-state index contributed by atoms with van der Waals surface area (Å²) < 4.78 is 5.37. The van der Waals surface area contributed by atoms with Crippen LogP contribution in [0.15, 0.2) is 18.2 Å². The van der Waals surface area contributed by atoms with E-state index in [4.69, 9.17) is 16.3 Å². The highest BCUT2D eigenvalue weighted by atomic mass is 35.5. The number of alkyl halides is 1. The fourth-order valence-corrected chi connectivity index (χ4v) is 2.44. The van der Waals surface area contributed by atoms with E-state index in [0.29, 0.717) is 5.88 Å². The van der Waals surface area contributed by atoms with Crippen LogP contribution >= 0.6 is 11.6 Å². The standard InChI is InChI=1S/C15H24ClNO/c1-12-5-6-14(18-4)13(9-12)10-17-11-15(2,3)7-8-16/h5-6,9,17H,7-8,10-11H2,1-4H3. The van der Waals surface area contributed by atoms with Gasteiger partial charge in [-0.2, -0.15) is 0 Å². The number of methoxy groups -OCH3 is 1. The Hall–Kier alpha value is -0.730. The molecule has 0 atom stereocenters. The lowest BCUT2D eigenvalue weighted by molar-refractivity contribution is 0.327. The Morgan fingerprint density at radius 1 is 1.33 bits per heavy atom. The third-order valence-corrected chi connectivity index (χ3v) is 3.32. The Kier molecular flexibility index (Phi) is 5.97. The minimum absolute atomic E-state index is 0.235. The molecule has 0 spiro atoms. The largest absolute Gasteiger partial charge is 0.496 e. The van der Waals surface area contributed by atoms with Gasteiger partial charge >= 0.3 is 0 Å². The molecule has 0 saturated carbocycles. The van der Waals surface area contributed by atoms with E-state index < -0.39 is 0 Å². The molecular formula is C15H24ClNO. The second-order valence-electron chi connectivity index (χ2n) is 5.52. The van der Waals surface area contributed by atoms with E-state index in [-0.39, 0.29) is 5.41 Å². The van der Waals surface area contributed by atoms with Gasteiger partial charge in [0.05, 0.1) is 7.11 Å². The molecule has 0 unspecified atom stereocenters. The average molecular weight is 270 g/mol. The fourth-order valence-electron chi connectivity index (χ4n) is 1.93. The van der Waals surface area contributed by atoms with E-state index in [9.17, 15) is 0 Å². The first kappa shape index (κ1) is 15.3. The fraction of sp³-hybridized carbons (Fsp3) is 0.600. The summed E-state index contributed by atoms with van der Waals surface area (Å²) >= 11 is 5.80. The zero-order chi connectivity index (χ0) is 13.6. The summed E-state index contributed by atoms with van der Waals surface area (Å²) in [4.78, 5) is 0. The maximum Gasteiger partial charge on any atom is 0.123 e. The smallest absolute Gasteiger partial charge is 0.123 e. The van der Waals surface area contributed by atoms with Crippen LogP contribution in [-0.2, 0) is 6.54 Å². The van der Waals surface area contributed by atoms with Gasteiger partial charge in [0.2, 0.25) is 0 Å². The second-order valence-corrected chi connectivity index (χ2v) is 5.90. The Labute approximate surface area is 116 Å². The average Bonchev–Trinajstić information content (AvgIpc) is 2.29. The molecular weight excluding hydrogens is 246 g/mol. The maximum atomic E-state index is 5.80. The molecule has 1 aromatic carbocycles. The minimum atomic E-state index is 0.235. The van der Waals surface area contributed by atoms with E-state index in [2.05, 4.69) is 38.2 Å². The van der Waals surface area contributed by atoms with Gasteiger partial charge in [-0.1, -0.05) is 31.5 Å². The number of rotatable bonds is 7. The summed E-state index contributed by atoms with van der Waals surface area (Å²) in [5.41, 5.74) is 2.70. The van der Waals surface area contributed by atoms with Crippen LogP contribution in [0.2, 0.25) is 0 Å². The van der Waals surface area contributed by atoms with Crippen LogP contribution in [0.5, 0.6) is 5.75 Å². The normalized spacial score (nSPS) is 11.6. The predicted molar refractivity (Wildman–Crippen MR) is 78.6 cm³/mol. The first-order valence-electron chi connectivity index (χ1n) is 6.39. The van der Waals surface area contributed by atoms with Crippen molar-refractivity contribution in [3.8, 4) is 5.75 Å². The van der Waals surface area contributed by atoms with Crippen molar-refractivity contribution in [1.82, 2.24) is 5.32 Å². The Balaban J connectivity index is 2.55. The number of hydrogen-bond acceptors (Lipinski definition) is 2. The maximum absolute atomic E-state index is 5.80. The van der Waals surface area contributed by atoms with Crippen molar-refractivity contribution in [1.29, 1.82) is 0 Å². The third-order valence-electron chi connectivity index (χ3n) is 3.13. The SMILES string of the molecule is COc1ccc(C)cc1CNCC(C)(C)CCCl. The molecule has 0 aliphatic carbocycles. The van der Waals surface area contributed by atoms with Crippen LogP contribution in [-0.4, -0.2) is 19.5 Å². The van der Waals surface area contributed by atoms with Crippen molar-refractivity contribution >= 4 is 11.6 Å². The van der Waals surface area contributed by atoms with Crippen molar-refractivity contribution in [2.45, 2.75) is 33.7 Å². The van der Waals surface area contributed by atoms with E-state index in [1.165, 1.54) is 11.1 Å². The third kappa shape index (κ3) is 4.87. The molecule has 0 saturated heterocycles. The van der Waals surface area contributed by atoms with E-state index in [1.807, 2.05) is 6.07 Å². The monoisotopic (exact) mass is 269 g/mol. The lowest BCUT2D eigenvalue weighted by Crippen LogP contribution is -2.29. The molecule has 0 aliphatic rings. The highest BCUT2D eigenvalue weighted by Gasteiger charge is 2.16. The zero-order valence-corrected chi connectivity index (χ0v) is 12.6. The number of ether oxygens (including phenoxy) is 1. The summed E-state index contributed by atoms with van der Waals surface area (Å²) in [5, 5.41) is 3.49. The topological polar surface area (TPSA) is 21.3 Å². The highest BCUT2D eigenvalue weighted by molar-refractivity contribution is 6.17. The summed E-state index contributed by atoms with van der Waals surface area (Å²) in [6, 6.07) is 6.26. The number of benzene rings is 1. The zero-order valence-electron chi connectivity index (χ0n) is 11.8. The second kappa shape index (κ2) is 7.01. The van der Waals surface area contributed by atoms with Crippen molar-refractivity contribution in [2.24, 2.45) is 5.41 Å². The number of hydrogen-bond donors (Lipinski definition) is 1. The highest BCUT2D eigenvalue weighted by Crippen LogP contribution is 2.22. The number of aryl methyl sites for hydroxylation is 1. The quantitative estimate of drug-likeness (QED) is 0.762. The van der Waals surface area contributed by atoms with Gasteiger partial charge in [0.25, 0.3) is 0 Å². The van der Waals surface area contributed by atoms with Gasteiger partial charge in [-0.3, -0.25) is 0 Å². The Morgan fingerprint density at radius 3 is 2.67 bits per heavy atom. The molecule has 102 valence electrons. The molecule has 0 heterocycles. The molecule has 1 aromatic rings. The molecule has 1 rings (SSSR count). The van der Waals surface area contributed by atoms with Gasteiger partial charge < -0.3 is 10.1 Å². The van der Waals surface area contributed by atoms with Gasteiger partial charge in [-0.15, -0.1) is 11.6 Å². The van der Waals surface area contributed by atoms with Gasteiger partial charge in [0.15, 0.2) is 0 Å². The first-order chi connectivity index (χ1) is 8.48. The lowest BCUT2D eigenvalue weighted by Gasteiger charge is -2.24. The van der Waals surface area contributed by atoms with Crippen LogP contribution in [0.1, 0.15) is 31.4 Å². The molecule has 1 N–H and O–H groups in total. The first-order valence-corrected chi connectivity index (χ1v) is 6.92. The molecule has 0 amide bonds. The van der Waals surface area contributed by atoms with E-state index in [0.717, 1.165) is 25.3 Å². The lowest BCUT2D eigenvalue weighted by atomic mass is 9.90. The van der Waals surface area contributed by atoms with Crippen LogP contribution in [0.3, 0.4) is 0 Å². The van der Waals surface area contributed by atoms with Gasteiger partial charge in [0.1, 0.15) is 5.75 Å². The summed E-state index contributed by atoms with van der Waals surface area (Å²) in [5.74, 6) is 1.66. The Morgan fingerprint density at radius 2 is 2.06 bits per heavy atom. The molecule has 0 aliphatic heterocycles. The van der Waals surface area contributed by atoms with Crippen LogP contribution in [0, 0.1) is 12.3 Å². The van der Waals surface area contributed by atoms with Gasteiger partial charge in [-0.25, -0.2) is 0 Å². The van der Waals surface area contributed by atoms with Crippen molar-refractivity contribution in [2.75, 3.05) is 19.5 Å². The van der Waals surface area contributed by atoms with E-state index >= 15 is 0 Å². The molecule has 2 nitrogen and oxygen atoms in total. The minimum Gasteiger partial charge on any atom is -0.496 e. The summed E-state index contributed by atoms with van der Waals surface area (Å²) in [6.07, 6.45) is 1.02. The number of nitrogens with one attached hydrogen (secondary N) is 1. The number of halogens is 1. The van der Waals surface area contributed by atoms with Crippen LogP contribution in [0.4, 0.5) is 0 Å². The van der Waals surface area contributed by atoms with Crippen molar-refractivity contribution in [3.05, 3.63) is 29.3 Å². The van der Waals surface area contributed by atoms with Crippen molar-refractivity contribution in [3.63, 3.8) is 0 Å². The van der Waals surface area contributed by atoms with Crippen molar-refractivity contribution < 1.29 is 4.74 Å². The molecule has 0 fully saturated rings. The van der Waals surface area contributed by atoms with Gasteiger partial charge in [0, 0.05) is 24.5 Å². The molecule has 0 radical (unpaired) electrons. The summed E-state index contributed by atoms with van der Waals surface area (Å²) in [6.45, 7) is 8.35. The summed E-state index contributed by atoms with van der Waals surface area (Å²) in [7, 11) is 1.71. The van der Waals surface area contributed by atoms with E-state index in [1.54, 1.807) is 7.11 Å². The molecule has 0 bridgehead atoms. The molecule has 3 heteroatoms. The molecule has 18 heavy (non-hydrogen) atoms. The van der Waals surface area contributed by atoms with Crippen LogP contribution < -0.4 is 10.1 Å². The molecule has 0 aromatic heterocycles. The predicted octanol–water partition coefficient (Wildman–Crippen LogP) is 3.75. The van der Waals surface area contributed by atoms with Crippen LogP contribution in [0.25, 0.3) is 0 Å². The Bertz CT molecular complexity index is 377. The van der Waals surface area contributed by atoms with Gasteiger partial charge in [-0.05, 0) is 24.8 Å².